The molecule has 0 aliphatic heterocycles. The van der Waals surface area contributed by atoms with Crippen molar-refractivity contribution in [3.8, 4) is 0 Å². The highest BCUT2D eigenvalue weighted by Crippen LogP contribution is 2.22. The molecule has 0 aromatic carbocycles. The van der Waals surface area contributed by atoms with Gasteiger partial charge < -0.3 is 15.1 Å². The number of hydrogen-bond donors (Lipinski definition) is 1. The van der Waals surface area contributed by atoms with E-state index in [-0.39, 0.29) is 5.91 Å². The zero-order chi connectivity index (χ0) is 14.3. The molecule has 112 valence electrons. The molecule has 1 amide bonds. The van der Waals surface area contributed by atoms with Gasteiger partial charge in [0.1, 0.15) is 0 Å². The molecule has 4 heteroatoms. The van der Waals surface area contributed by atoms with Gasteiger partial charge in [-0.3, -0.25) is 4.79 Å². The van der Waals surface area contributed by atoms with E-state index in [1.165, 1.54) is 32.1 Å². The minimum atomic E-state index is 0.227. The van der Waals surface area contributed by atoms with Crippen molar-refractivity contribution in [2.45, 2.75) is 57.5 Å². The predicted octanol–water partition coefficient (Wildman–Crippen LogP) is 1.71. The highest BCUT2D eigenvalue weighted by molar-refractivity contribution is 5.75. The topological polar surface area (TPSA) is 35.6 Å². The van der Waals surface area contributed by atoms with Gasteiger partial charge in [-0.05, 0) is 45.7 Å². The van der Waals surface area contributed by atoms with Gasteiger partial charge in [-0.25, -0.2) is 0 Å². The van der Waals surface area contributed by atoms with Gasteiger partial charge in [-0.15, -0.1) is 0 Å². The smallest absolute Gasteiger partial charge is 0.223 e. The number of carbonyl (C=O) groups is 1. The monoisotopic (exact) mass is 269 g/mol. The second-order valence-electron chi connectivity index (χ2n) is 5.98. The molecule has 1 fully saturated rings. The third kappa shape index (κ3) is 5.91. The molecule has 1 rings (SSSR count). The molecule has 19 heavy (non-hydrogen) atoms. The first kappa shape index (κ1) is 16.4. The van der Waals surface area contributed by atoms with E-state index in [4.69, 9.17) is 0 Å². The Hall–Kier alpha value is -0.610. The molecular formula is C15H31N3O. The lowest BCUT2D eigenvalue weighted by Gasteiger charge is -2.35. The fraction of sp³-hybridized carbons (Fsp3) is 0.933. The summed E-state index contributed by atoms with van der Waals surface area (Å²) in [5, 5.41) is 3.62. The van der Waals surface area contributed by atoms with Gasteiger partial charge in [-0.2, -0.15) is 0 Å². The Kier molecular flexibility index (Phi) is 7.39. The lowest BCUT2D eigenvalue weighted by atomic mass is 9.90. The first-order valence-corrected chi connectivity index (χ1v) is 7.68. The van der Waals surface area contributed by atoms with Gasteiger partial charge in [0.25, 0.3) is 0 Å². The summed E-state index contributed by atoms with van der Waals surface area (Å²) >= 11 is 0. The summed E-state index contributed by atoms with van der Waals surface area (Å²) in [5.74, 6) is 0.227. The number of amides is 1. The van der Waals surface area contributed by atoms with Crippen molar-refractivity contribution in [1.29, 1.82) is 0 Å². The molecule has 4 nitrogen and oxygen atoms in total. The SMILES string of the molecule is CCCNC1CCC(N(C)CCC(=O)N(C)C)CC1. The molecule has 0 aromatic heterocycles. The summed E-state index contributed by atoms with van der Waals surface area (Å²) in [4.78, 5) is 15.6. The first-order chi connectivity index (χ1) is 9.04. The fourth-order valence-electron chi connectivity index (χ4n) is 2.75. The summed E-state index contributed by atoms with van der Waals surface area (Å²) in [6.45, 7) is 4.24. The highest BCUT2D eigenvalue weighted by Gasteiger charge is 2.23. The number of hydrogen-bond acceptors (Lipinski definition) is 3. The van der Waals surface area contributed by atoms with E-state index in [1.54, 1.807) is 4.90 Å². The second kappa shape index (κ2) is 8.54. The first-order valence-electron chi connectivity index (χ1n) is 7.68. The Bertz CT molecular complexity index is 260. The zero-order valence-electron chi connectivity index (χ0n) is 13.1. The fourth-order valence-corrected chi connectivity index (χ4v) is 2.75. The van der Waals surface area contributed by atoms with Crippen LogP contribution in [-0.4, -0.2) is 62.0 Å². The van der Waals surface area contributed by atoms with Gasteiger partial charge >= 0.3 is 0 Å². The Labute approximate surface area is 118 Å². The summed E-state index contributed by atoms with van der Waals surface area (Å²) in [5.41, 5.74) is 0. The van der Waals surface area contributed by atoms with Crippen LogP contribution in [0.15, 0.2) is 0 Å². The van der Waals surface area contributed by atoms with Gasteiger partial charge in [0.05, 0.1) is 0 Å². The standard InChI is InChI=1S/C15H31N3O/c1-5-11-16-13-6-8-14(9-7-13)18(4)12-10-15(19)17(2)3/h13-14,16H,5-12H2,1-4H3. The Balaban J connectivity index is 2.21. The average Bonchev–Trinajstić information content (AvgIpc) is 2.42. The average molecular weight is 269 g/mol. The largest absolute Gasteiger partial charge is 0.349 e. The minimum Gasteiger partial charge on any atom is -0.349 e. The maximum Gasteiger partial charge on any atom is 0.223 e. The van der Waals surface area contributed by atoms with E-state index in [0.717, 1.165) is 13.1 Å². The molecule has 0 aromatic rings. The zero-order valence-corrected chi connectivity index (χ0v) is 13.1. The van der Waals surface area contributed by atoms with Crippen molar-refractivity contribution in [2.24, 2.45) is 0 Å². The van der Waals surface area contributed by atoms with Crippen molar-refractivity contribution in [3.05, 3.63) is 0 Å². The van der Waals surface area contributed by atoms with Gasteiger partial charge in [0, 0.05) is 39.1 Å². The highest BCUT2D eigenvalue weighted by atomic mass is 16.2. The van der Waals surface area contributed by atoms with E-state index in [2.05, 4.69) is 24.2 Å². The molecule has 0 spiro atoms. The third-order valence-corrected chi connectivity index (χ3v) is 4.18. The maximum atomic E-state index is 11.6. The normalized spacial score (nSPS) is 23.6. The molecule has 0 atom stereocenters. The molecule has 0 bridgehead atoms. The number of rotatable bonds is 7. The van der Waals surface area contributed by atoms with Crippen LogP contribution in [0.5, 0.6) is 0 Å². The predicted molar refractivity (Wildman–Crippen MR) is 80.3 cm³/mol. The third-order valence-electron chi connectivity index (χ3n) is 4.18. The van der Waals surface area contributed by atoms with E-state index in [1.807, 2.05) is 14.1 Å². The summed E-state index contributed by atoms with van der Waals surface area (Å²) in [6, 6.07) is 1.38. The van der Waals surface area contributed by atoms with Crippen LogP contribution < -0.4 is 5.32 Å². The molecule has 1 saturated carbocycles. The van der Waals surface area contributed by atoms with Crippen LogP contribution >= 0.6 is 0 Å². The molecule has 1 aliphatic carbocycles. The van der Waals surface area contributed by atoms with Crippen molar-refractivity contribution in [1.82, 2.24) is 15.1 Å². The van der Waals surface area contributed by atoms with Crippen molar-refractivity contribution >= 4 is 5.91 Å². The summed E-state index contributed by atoms with van der Waals surface area (Å²) in [7, 11) is 5.81. The van der Waals surface area contributed by atoms with E-state index < -0.39 is 0 Å². The van der Waals surface area contributed by atoms with Gasteiger partial charge in [0.2, 0.25) is 5.91 Å². The van der Waals surface area contributed by atoms with E-state index in [9.17, 15) is 4.79 Å². The number of carbonyl (C=O) groups excluding carboxylic acids is 1. The van der Waals surface area contributed by atoms with Crippen LogP contribution in [-0.2, 0) is 4.79 Å². The van der Waals surface area contributed by atoms with Crippen LogP contribution in [0.25, 0.3) is 0 Å². The lowest BCUT2D eigenvalue weighted by Crippen LogP contribution is -2.42. The summed E-state index contributed by atoms with van der Waals surface area (Å²) < 4.78 is 0. The molecule has 0 radical (unpaired) electrons. The van der Waals surface area contributed by atoms with Crippen LogP contribution in [0.3, 0.4) is 0 Å². The number of nitrogens with one attached hydrogen (secondary N) is 1. The van der Waals surface area contributed by atoms with E-state index in [0.29, 0.717) is 18.5 Å². The lowest BCUT2D eigenvalue weighted by molar-refractivity contribution is -0.129. The van der Waals surface area contributed by atoms with Crippen molar-refractivity contribution < 1.29 is 4.79 Å². The molecule has 1 N–H and O–H groups in total. The Morgan fingerprint density at radius 1 is 1.16 bits per heavy atom. The quantitative estimate of drug-likeness (QED) is 0.764. The number of nitrogens with zero attached hydrogens (tertiary/aromatic N) is 2. The van der Waals surface area contributed by atoms with Crippen molar-refractivity contribution in [3.63, 3.8) is 0 Å². The Morgan fingerprint density at radius 3 is 2.32 bits per heavy atom. The molecule has 0 saturated heterocycles. The van der Waals surface area contributed by atoms with Crippen LogP contribution in [0.1, 0.15) is 45.4 Å². The van der Waals surface area contributed by atoms with Crippen molar-refractivity contribution in [2.75, 3.05) is 34.2 Å². The van der Waals surface area contributed by atoms with E-state index >= 15 is 0 Å². The van der Waals surface area contributed by atoms with Crippen LogP contribution in [0.4, 0.5) is 0 Å². The maximum absolute atomic E-state index is 11.6. The summed E-state index contributed by atoms with van der Waals surface area (Å²) in [6.07, 6.45) is 6.92. The van der Waals surface area contributed by atoms with Gasteiger partial charge in [-0.1, -0.05) is 6.92 Å². The molecule has 1 aliphatic rings. The molecule has 0 unspecified atom stereocenters. The Morgan fingerprint density at radius 2 is 1.79 bits per heavy atom. The van der Waals surface area contributed by atoms with Crippen LogP contribution in [0, 0.1) is 0 Å². The minimum absolute atomic E-state index is 0.227. The molecule has 0 heterocycles. The molecular weight excluding hydrogens is 238 g/mol. The van der Waals surface area contributed by atoms with Gasteiger partial charge in [0.15, 0.2) is 0 Å². The van der Waals surface area contributed by atoms with Crippen LogP contribution in [0.2, 0.25) is 0 Å². The second-order valence-corrected chi connectivity index (χ2v) is 5.98.